The average molecular weight is 338 g/mol. The van der Waals surface area contributed by atoms with Gasteiger partial charge in [0.2, 0.25) is 0 Å². The molecule has 5 nitrogen and oxygen atoms in total. The number of nitrogens with zero attached hydrogens (tertiary/aromatic N) is 3. The van der Waals surface area contributed by atoms with Crippen LogP contribution < -0.4 is 0 Å². The van der Waals surface area contributed by atoms with Gasteiger partial charge >= 0.3 is 5.97 Å². The third-order valence-electron chi connectivity index (χ3n) is 2.71. The molecule has 2 heterocycles. The number of aromatic nitrogens is 3. The van der Waals surface area contributed by atoms with Crippen molar-refractivity contribution in [2.45, 2.75) is 6.54 Å². The van der Waals surface area contributed by atoms with E-state index in [2.05, 4.69) is 26.2 Å². The molecular formula is C12H8BrN3O2S. The Morgan fingerprint density at radius 2 is 2.21 bits per heavy atom. The Morgan fingerprint density at radius 1 is 1.37 bits per heavy atom. The molecule has 0 bridgehead atoms. The van der Waals surface area contributed by atoms with E-state index in [0.717, 1.165) is 14.2 Å². The van der Waals surface area contributed by atoms with Crippen molar-refractivity contribution in [3.8, 4) is 0 Å². The SMILES string of the molecule is O=C(O)c1cccc2c1nnn2Cc1ccc(Br)s1. The summed E-state index contributed by atoms with van der Waals surface area (Å²) in [7, 11) is 0. The van der Waals surface area contributed by atoms with E-state index in [-0.39, 0.29) is 5.56 Å². The van der Waals surface area contributed by atoms with Gasteiger partial charge in [-0.15, -0.1) is 16.4 Å². The summed E-state index contributed by atoms with van der Waals surface area (Å²) in [5.41, 5.74) is 1.33. The molecule has 1 N–H and O–H groups in total. The van der Waals surface area contributed by atoms with Gasteiger partial charge in [-0.1, -0.05) is 11.3 Å². The Hall–Kier alpha value is -1.73. The first-order valence-electron chi connectivity index (χ1n) is 5.45. The van der Waals surface area contributed by atoms with Crippen LogP contribution in [0, 0.1) is 0 Å². The highest BCUT2D eigenvalue weighted by molar-refractivity contribution is 9.11. The lowest BCUT2D eigenvalue weighted by molar-refractivity contribution is 0.0699. The van der Waals surface area contributed by atoms with E-state index in [1.54, 1.807) is 22.1 Å². The number of carboxylic acid groups (broad SMARTS) is 1. The monoisotopic (exact) mass is 337 g/mol. The zero-order valence-corrected chi connectivity index (χ0v) is 12.0. The maximum Gasteiger partial charge on any atom is 0.338 e. The standard InChI is InChI=1S/C12H8BrN3O2S/c13-10-5-4-7(19-10)6-16-9-3-1-2-8(12(17)18)11(9)14-15-16/h1-5H,6H2,(H,17,18). The van der Waals surface area contributed by atoms with Crippen LogP contribution in [0.3, 0.4) is 0 Å². The zero-order valence-electron chi connectivity index (χ0n) is 9.58. The Bertz CT molecular complexity index is 765. The molecule has 0 atom stereocenters. The average Bonchev–Trinajstić information content (AvgIpc) is 2.97. The van der Waals surface area contributed by atoms with Crippen LogP contribution in [0.4, 0.5) is 0 Å². The van der Waals surface area contributed by atoms with Crippen LogP contribution in [0.5, 0.6) is 0 Å². The van der Waals surface area contributed by atoms with Gasteiger partial charge in [0.1, 0.15) is 5.52 Å². The second-order valence-corrected chi connectivity index (χ2v) is 6.48. The molecule has 0 saturated carbocycles. The minimum absolute atomic E-state index is 0.177. The molecule has 0 unspecified atom stereocenters. The van der Waals surface area contributed by atoms with Gasteiger partial charge in [-0.05, 0) is 40.2 Å². The predicted molar refractivity (Wildman–Crippen MR) is 75.6 cm³/mol. The van der Waals surface area contributed by atoms with Crippen molar-refractivity contribution in [1.82, 2.24) is 15.0 Å². The van der Waals surface area contributed by atoms with Crippen molar-refractivity contribution in [2.24, 2.45) is 0 Å². The molecule has 0 radical (unpaired) electrons. The Balaban J connectivity index is 2.06. The predicted octanol–water partition coefficient (Wildman–Crippen LogP) is 3.00. The number of rotatable bonds is 3. The first kappa shape index (κ1) is 12.3. The third-order valence-corrected chi connectivity index (χ3v) is 4.32. The summed E-state index contributed by atoms with van der Waals surface area (Å²) in [5, 5.41) is 17.1. The minimum Gasteiger partial charge on any atom is -0.478 e. The number of carbonyl (C=O) groups is 1. The number of fused-ring (bicyclic) bond motifs is 1. The quantitative estimate of drug-likeness (QED) is 0.797. The van der Waals surface area contributed by atoms with E-state index in [1.165, 1.54) is 6.07 Å². The fourth-order valence-electron chi connectivity index (χ4n) is 1.87. The first-order chi connectivity index (χ1) is 9.15. The molecule has 0 fully saturated rings. The van der Waals surface area contributed by atoms with Crippen LogP contribution in [0.25, 0.3) is 11.0 Å². The van der Waals surface area contributed by atoms with Crippen LogP contribution in [0.1, 0.15) is 15.2 Å². The summed E-state index contributed by atoms with van der Waals surface area (Å²) in [6.45, 7) is 0.579. The molecule has 0 spiro atoms. The van der Waals surface area contributed by atoms with Crippen LogP contribution in [-0.4, -0.2) is 26.1 Å². The number of thiophene rings is 1. The van der Waals surface area contributed by atoms with Crippen molar-refractivity contribution in [3.05, 3.63) is 44.6 Å². The van der Waals surface area contributed by atoms with Gasteiger partial charge in [0, 0.05) is 4.88 Å². The van der Waals surface area contributed by atoms with Gasteiger partial charge < -0.3 is 5.11 Å². The fraction of sp³-hybridized carbons (Fsp3) is 0.0833. The molecular weight excluding hydrogens is 330 g/mol. The number of hydrogen-bond donors (Lipinski definition) is 1. The molecule has 3 rings (SSSR count). The number of carboxylic acids is 1. The molecule has 19 heavy (non-hydrogen) atoms. The van der Waals surface area contributed by atoms with Crippen molar-refractivity contribution < 1.29 is 9.90 Å². The zero-order chi connectivity index (χ0) is 13.4. The molecule has 3 aromatic rings. The topological polar surface area (TPSA) is 68.0 Å². The largest absolute Gasteiger partial charge is 0.478 e. The Labute approximate surface area is 120 Å². The summed E-state index contributed by atoms with van der Waals surface area (Å²) in [5.74, 6) is -0.989. The number of benzene rings is 1. The van der Waals surface area contributed by atoms with Crippen LogP contribution >= 0.6 is 27.3 Å². The van der Waals surface area contributed by atoms with Gasteiger partial charge in [-0.2, -0.15) is 0 Å². The molecule has 0 saturated heterocycles. The van der Waals surface area contributed by atoms with Crippen LogP contribution in [0.15, 0.2) is 34.1 Å². The molecule has 0 aliphatic rings. The van der Waals surface area contributed by atoms with E-state index in [9.17, 15) is 4.79 Å². The molecule has 2 aromatic heterocycles. The lowest BCUT2D eigenvalue weighted by Gasteiger charge is -2.00. The minimum atomic E-state index is -0.989. The second kappa shape index (κ2) is 4.75. The molecule has 0 aliphatic heterocycles. The van der Waals surface area contributed by atoms with Crippen molar-refractivity contribution in [3.63, 3.8) is 0 Å². The summed E-state index contributed by atoms with van der Waals surface area (Å²) in [6, 6.07) is 9.04. The van der Waals surface area contributed by atoms with E-state index >= 15 is 0 Å². The van der Waals surface area contributed by atoms with Crippen molar-refractivity contribution >= 4 is 44.3 Å². The summed E-state index contributed by atoms with van der Waals surface area (Å²) in [6.07, 6.45) is 0. The van der Waals surface area contributed by atoms with Gasteiger partial charge in [0.25, 0.3) is 0 Å². The first-order valence-corrected chi connectivity index (χ1v) is 7.06. The molecule has 0 amide bonds. The fourth-order valence-corrected chi connectivity index (χ4v) is 3.33. The second-order valence-electron chi connectivity index (χ2n) is 3.93. The van der Waals surface area contributed by atoms with E-state index < -0.39 is 5.97 Å². The van der Waals surface area contributed by atoms with E-state index in [4.69, 9.17) is 5.11 Å². The van der Waals surface area contributed by atoms with Crippen LogP contribution in [-0.2, 0) is 6.54 Å². The summed E-state index contributed by atoms with van der Waals surface area (Å²) < 4.78 is 2.76. The number of halogens is 1. The van der Waals surface area contributed by atoms with Gasteiger partial charge in [0.15, 0.2) is 0 Å². The Kier molecular flexibility index (Phi) is 3.08. The van der Waals surface area contributed by atoms with Crippen molar-refractivity contribution in [2.75, 3.05) is 0 Å². The van der Waals surface area contributed by atoms with Crippen molar-refractivity contribution in [1.29, 1.82) is 0 Å². The number of aromatic carboxylic acids is 1. The molecule has 0 aliphatic carbocycles. The third kappa shape index (κ3) is 2.26. The molecule has 7 heteroatoms. The van der Waals surface area contributed by atoms with Crippen LogP contribution in [0.2, 0.25) is 0 Å². The summed E-state index contributed by atoms with van der Waals surface area (Å²) in [4.78, 5) is 12.2. The van der Waals surface area contributed by atoms with E-state index in [0.29, 0.717) is 12.1 Å². The maximum atomic E-state index is 11.1. The van der Waals surface area contributed by atoms with Gasteiger partial charge in [-0.3, -0.25) is 0 Å². The molecule has 1 aromatic carbocycles. The normalized spacial score (nSPS) is 11.0. The summed E-state index contributed by atoms with van der Waals surface area (Å²) >= 11 is 5.03. The van der Waals surface area contributed by atoms with Gasteiger partial charge in [0.05, 0.1) is 21.4 Å². The highest BCUT2D eigenvalue weighted by atomic mass is 79.9. The smallest absolute Gasteiger partial charge is 0.338 e. The Morgan fingerprint density at radius 3 is 2.89 bits per heavy atom. The lowest BCUT2D eigenvalue weighted by atomic mass is 10.2. The lowest BCUT2D eigenvalue weighted by Crippen LogP contribution is -2.00. The number of hydrogen-bond acceptors (Lipinski definition) is 4. The molecule has 96 valence electrons. The van der Waals surface area contributed by atoms with Gasteiger partial charge in [-0.25, -0.2) is 9.48 Å². The highest BCUT2D eigenvalue weighted by Gasteiger charge is 2.14. The van der Waals surface area contributed by atoms with E-state index in [1.807, 2.05) is 18.2 Å². The maximum absolute atomic E-state index is 11.1. The highest BCUT2D eigenvalue weighted by Crippen LogP contribution is 2.24.